The summed E-state index contributed by atoms with van der Waals surface area (Å²) in [6.45, 7) is 2.41. The molecule has 0 unspecified atom stereocenters. The molecule has 2 heterocycles. The molecule has 0 atom stereocenters. The van der Waals surface area contributed by atoms with Gasteiger partial charge >= 0.3 is 0 Å². The van der Waals surface area contributed by atoms with Crippen molar-refractivity contribution in [3.63, 3.8) is 0 Å². The van der Waals surface area contributed by atoms with Crippen molar-refractivity contribution in [2.45, 2.75) is 24.8 Å². The first-order valence-electron chi connectivity index (χ1n) is 8.96. The molecule has 142 valence electrons. The van der Waals surface area contributed by atoms with Crippen LogP contribution >= 0.6 is 23.1 Å². The van der Waals surface area contributed by atoms with Crippen molar-refractivity contribution >= 4 is 44.4 Å². The van der Waals surface area contributed by atoms with Crippen molar-refractivity contribution in [1.29, 1.82) is 0 Å². The number of nitrogens with zero attached hydrogens (tertiary/aromatic N) is 2. The fourth-order valence-electron chi connectivity index (χ4n) is 3.02. The smallest absolute Gasteiger partial charge is 0.233 e. The van der Waals surface area contributed by atoms with Gasteiger partial charge in [-0.05, 0) is 54.6 Å². The van der Waals surface area contributed by atoms with Crippen LogP contribution in [0.15, 0.2) is 70.2 Å². The summed E-state index contributed by atoms with van der Waals surface area (Å²) in [7, 11) is 0. The Morgan fingerprint density at radius 3 is 2.64 bits per heavy atom. The number of aryl methyl sites for hydroxylation is 1. The lowest BCUT2D eigenvalue weighted by Gasteiger charge is -2.19. The topological polar surface area (TPSA) is 46.3 Å². The molecule has 2 aromatic carbocycles. The average Bonchev–Trinajstić information content (AvgIpc) is 3.37. The first kappa shape index (κ1) is 18.8. The number of hydrogen-bond acceptors (Lipinski definition) is 5. The molecule has 4 nitrogen and oxygen atoms in total. The van der Waals surface area contributed by atoms with Crippen LogP contribution in [0.1, 0.15) is 16.9 Å². The molecule has 4 rings (SSSR count). The van der Waals surface area contributed by atoms with Gasteiger partial charge < -0.3 is 4.42 Å². The van der Waals surface area contributed by atoms with Crippen molar-refractivity contribution in [2.75, 3.05) is 11.2 Å². The highest BCUT2D eigenvalue weighted by molar-refractivity contribution is 7.98. The number of para-hydroxylation sites is 1. The van der Waals surface area contributed by atoms with Crippen LogP contribution < -0.4 is 4.90 Å². The Morgan fingerprint density at radius 1 is 1.14 bits per heavy atom. The van der Waals surface area contributed by atoms with Crippen LogP contribution in [0.3, 0.4) is 0 Å². The number of furan rings is 1. The number of thiazole rings is 1. The minimum Gasteiger partial charge on any atom is -0.467 e. The third kappa shape index (κ3) is 3.98. The third-order valence-corrected chi connectivity index (χ3v) is 6.34. The second kappa shape index (κ2) is 8.20. The fraction of sp³-hybridized carbons (Fsp3) is 0.182. The first-order chi connectivity index (χ1) is 13.6. The van der Waals surface area contributed by atoms with Gasteiger partial charge in [-0.25, -0.2) is 4.98 Å². The highest BCUT2D eigenvalue weighted by Crippen LogP contribution is 2.32. The maximum Gasteiger partial charge on any atom is 0.233 e. The van der Waals surface area contributed by atoms with E-state index < -0.39 is 0 Å². The van der Waals surface area contributed by atoms with E-state index >= 15 is 0 Å². The Kier molecular flexibility index (Phi) is 5.50. The minimum absolute atomic E-state index is 0.00464. The summed E-state index contributed by atoms with van der Waals surface area (Å²) in [6.07, 6.45) is 3.99. The predicted molar refractivity (Wildman–Crippen MR) is 116 cm³/mol. The molecule has 0 aliphatic heterocycles. The van der Waals surface area contributed by atoms with E-state index in [1.54, 1.807) is 22.9 Å². The summed E-state index contributed by atoms with van der Waals surface area (Å²) < 4.78 is 6.57. The summed E-state index contributed by atoms with van der Waals surface area (Å²) in [5, 5.41) is 0.700. The Labute approximate surface area is 172 Å². The van der Waals surface area contributed by atoms with Gasteiger partial charge in [0.15, 0.2) is 5.13 Å². The van der Waals surface area contributed by atoms with Gasteiger partial charge in [-0.15, -0.1) is 11.8 Å². The number of carbonyl (C=O) groups excluding carboxylic acids is 1. The second-order valence-electron chi connectivity index (χ2n) is 6.50. The number of fused-ring (bicyclic) bond motifs is 1. The van der Waals surface area contributed by atoms with E-state index in [1.165, 1.54) is 16.2 Å². The van der Waals surface area contributed by atoms with Gasteiger partial charge in [0, 0.05) is 4.90 Å². The normalized spacial score (nSPS) is 11.1. The standard InChI is InChI=1S/C22H20N2O2S2/c1-15-5-3-7-19-21(15)23-22(28-19)24(14-17-6-4-12-26-17)20(25)13-16-8-10-18(27-2)11-9-16/h3-12H,13-14H2,1-2H3. The van der Waals surface area contributed by atoms with Gasteiger partial charge in [-0.1, -0.05) is 35.6 Å². The Hall–Kier alpha value is -2.57. The molecular formula is C22H20N2O2S2. The highest BCUT2D eigenvalue weighted by atomic mass is 32.2. The molecule has 4 aromatic rings. The second-order valence-corrected chi connectivity index (χ2v) is 8.39. The van der Waals surface area contributed by atoms with Crippen molar-refractivity contribution in [2.24, 2.45) is 0 Å². The number of aromatic nitrogens is 1. The van der Waals surface area contributed by atoms with Crippen LogP contribution in [0.4, 0.5) is 5.13 Å². The van der Waals surface area contributed by atoms with E-state index in [-0.39, 0.29) is 5.91 Å². The zero-order valence-electron chi connectivity index (χ0n) is 15.7. The first-order valence-corrected chi connectivity index (χ1v) is 11.0. The fourth-order valence-corrected chi connectivity index (χ4v) is 4.49. The monoisotopic (exact) mass is 408 g/mol. The number of amides is 1. The van der Waals surface area contributed by atoms with Crippen LogP contribution in [-0.4, -0.2) is 17.1 Å². The molecular weight excluding hydrogens is 388 g/mol. The van der Waals surface area contributed by atoms with E-state index in [4.69, 9.17) is 9.40 Å². The van der Waals surface area contributed by atoms with Crippen LogP contribution in [0.5, 0.6) is 0 Å². The summed E-state index contributed by atoms with van der Waals surface area (Å²) in [5.41, 5.74) is 3.05. The zero-order chi connectivity index (χ0) is 19.5. The van der Waals surface area contributed by atoms with E-state index in [0.717, 1.165) is 27.1 Å². The van der Waals surface area contributed by atoms with Gasteiger partial charge in [0.25, 0.3) is 0 Å². The lowest BCUT2D eigenvalue weighted by Crippen LogP contribution is -2.31. The number of hydrogen-bond donors (Lipinski definition) is 0. The Morgan fingerprint density at radius 2 is 1.96 bits per heavy atom. The number of rotatable bonds is 6. The van der Waals surface area contributed by atoms with E-state index in [9.17, 15) is 4.79 Å². The van der Waals surface area contributed by atoms with Crippen molar-refractivity contribution in [3.05, 3.63) is 77.7 Å². The maximum absolute atomic E-state index is 13.2. The molecule has 0 saturated carbocycles. The summed E-state index contributed by atoms with van der Waals surface area (Å²) in [4.78, 5) is 20.9. The Bertz CT molecular complexity index is 1090. The molecule has 0 spiro atoms. The molecule has 28 heavy (non-hydrogen) atoms. The number of anilines is 1. The molecule has 0 N–H and O–H groups in total. The average molecular weight is 409 g/mol. The van der Waals surface area contributed by atoms with E-state index in [2.05, 4.69) is 0 Å². The van der Waals surface area contributed by atoms with Crippen molar-refractivity contribution < 1.29 is 9.21 Å². The molecule has 0 aliphatic rings. The summed E-state index contributed by atoms with van der Waals surface area (Å²) in [5.74, 6) is 0.743. The largest absolute Gasteiger partial charge is 0.467 e. The number of benzene rings is 2. The SMILES string of the molecule is CSc1ccc(CC(=O)N(Cc2ccco2)c2nc3c(C)cccc3s2)cc1. The van der Waals surface area contributed by atoms with Crippen molar-refractivity contribution in [3.8, 4) is 0 Å². The lowest BCUT2D eigenvalue weighted by atomic mass is 10.1. The van der Waals surface area contributed by atoms with Crippen LogP contribution in [0.25, 0.3) is 10.2 Å². The molecule has 0 fully saturated rings. The van der Waals surface area contributed by atoms with Gasteiger partial charge in [-0.3, -0.25) is 9.69 Å². The van der Waals surface area contributed by atoms with Gasteiger partial charge in [0.05, 0.1) is 29.4 Å². The molecule has 0 bridgehead atoms. The molecule has 0 aliphatic carbocycles. The minimum atomic E-state index is 0.00464. The van der Waals surface area contributed by atoms with E-state index in [0.29, 0.717) is 18.1 Å². The van der Waals surface area contributed by atoms with Gasteiger partial charge in [0.1, 0.15) is 5.76 Å². The molecule has 0 saturated heterocycles. The van der Waals surface area contributed by atoms with Gasteiger partial charge in [-0.2, -0.15) is 0 Å². The maximum atomic E-state index is 13.2. The number of thioether (sulfide) groups is 1. The molecule has 1 amide bonds. The van der Waals surface area contributed by atoms with Crippen LogP contribution in [0.2, 0.25) is 0 Å². The van der Waals surface area contributed by atoms with Crippen LogP contribution in [0, 0.1) is 6.92 Å². The molecule has 0 radical (unpaired) electrons. The van der Waals surface area contributed by atoms with E-state index in [1.807, 2.05) is 67.8 Å². The van der Waals surface area contributed by atoms with Crippen molar-refractivity contribution in [1.82, 2.24) is 4.98 Å². The Balaban J connectivity index is 1.65. The molecule has 6 heteroatoms. The highest BCUT2D eigenvalue weighted by Gasteiger charge is 2.22. The summed E-state index contributed by atoms with van der Waals surface area (Å²) in [6, 6.07) is 17.9. The predicted octanol–water partition coefficient (Wildman–Crippen LogP) is 5.70. The third-order valence-electron chi connectivity index (χ3n) is 4.55. The number of carbonyl (C=O) groups is 1. The quantitative estimate of drug-likeness (QED) is 0.384. The van der Waals surface area contributed by atoms with Crippen LogP contribution in [-0.2, 0) is 17.8 Å². The molecule has 2 aromatic heterocycles. The summed E-state index contributed by atoms with van der Waals surface area (Å²) >= 11 is 3.23. The lowest BCUT2D eigenvalue weighted by molar-refractivity contribution is -0.118. The zero-order valence-corrected chi connectivity index (χ0v) is 17.3. The van der Waals surface area contributed by atoms with Gasteiger partial charge in [0.2, 0.25) is 5.91 Å².